The molecule has 1 aromatic carbocycles. The number of ether oxygens (including phenoxy) is 1. The van der Waals surface area contributed by atoms with Crippen LogP contribution >= 0.6 is 22.9 Å². The minimum Gasteiger partial charge on any atom is -0.463 e. The zero-order valence-corrected chi connectivity index (χ0v) is 19.5. The van der Waals surface area contributed by atoms with Gasteiger partial charge in [0.05, 0.1) is 18.4 Å². The first-order valence-electron chi connectivity index (χ1n) is 9.62. The van der Waals surface area contributed by atoms with Crippen molar-refractivity contribution in [3.8, 4) is 0 Å². The first kappa shape index (κ1) is 22.8. The van der Waals surface area contributed by atoms with Crippen molar-refractivity contribution < 1.29 is 22.3 Å². The molecule has 1 aromatic heterocycles. The Morgan fingerprint density at radius 2 is 2.22 bits per heavy atom. The summed E-state index contributed by atoms with van der Waals surface area (Å²) >= 11 is 7.58. The molecule has 2 aliphatic heterocycles. The number of sulfonamides is 1. The van der Waals surface area contributed by atoms with Crippen LogP contribution in [0.5, 0.6) is 0 Å². The van der Waals surface area contributed by atoms with Crippen molar-refractivity contribution in [2.24, 2.45) is 4.99 Å². The van der Waals surface area contributed by atoms with Crippen LogP contribution in [0.25, 0.3) is 0 Å². The number of aromatic nitrogens is 2. The number of halogens is 2. The molecule has 0 radical (unpaired) electrons. The average Bonchev–Trinajstić information content (AvgIpc) is 3.35. The van der Waals surface area contributed by atoms with Crippen molar-refractivity contribution in [3.05, 3.63) is 56.4 Å². The summed E-state index contributed by atoms with van der Waals surface area (Å²) in [7, 11) is -3.49. The van der Waals surface area contributed by atoms with Gasteiger partial charge in [0, 0.05) is 35.3 Å². The molecule has 0 amide bonds. The van der Waals surface area contributed by atoms with Gasteiger partial charge < -0.3 is 9.64 Å². The Bertz CT molecular complexity index is 1220. The molecule has 0 spiro atoms. The highest BCUT2D eigenvalue weighted by Crippen LogP contribution is 2.42. The Kier molecular flexibility index (Phi) is 6.30. The van der Waals surface area contributed by atoms with Gasteiger partial charge in [-0.05, 0) is 19.1 Å². The van der Waals surface area contributed by atoms with Crippen LogP contribution in [0.3, 0.4) is 0 Å². The second kappa shape index (κ2) is 8.85. The molecule has 0 saturated carbocycles. The van der Waals surface area contributed by atoms with Gasteiger partial charge in [0.25, 0.3) is 0 Å². The topological polar surface area (TPSA) is 114 Å². The van der Waals surface area contributed by atoms with E-state index in [0.717, 1.165) is 12.3 Å². The van der Waals surface area contributed by atoms with Gasteiger partial charge in [-0.25, -0.2) is 22.3 Å². The van der Waals surface area contributed by atoms with Gasteiger partial charge in [0.2, 0.25) is 10.0 Å². The summed E-state index contributed by atoms with van der Waals surface area (Å²) in [5, 5.41) is 8.56. The van der Waals surface area contributed by atoms with E-state index in [0.29, 0.717) is 22.1 Å². The maximum Gasteiger partial charge on any atom is 0.338 e. The number of esters is 1. The zero-order valence-electron chi connectivity index (χ0n) is 17.1. The lowest BCUT2D eigenvalue weighted by molar-refractivity contribution is -0.139. The van der Waals surface area contributed by atoms with Gasteiger partial charge in [0.1, 0.15) is 17.4 Å². The highest BCUT2D eigenvalue weighted by atomic mass is 35.5. The van der Waals surface area contributed by atoms with E-state index in [1.807, 2.05) is 0 Å². The molecule has 0 bridgehead atoms. The summed E-state index contributed by atoms with van der Waals surface area (Å²) < 4.78 is 45.3. The fourth-order valence-electron chi connectivity index (χ4n) is 3.83. The van der Waals surface area contributed by atoms with Crippen LogP contribution < -0.4 is 4.72 Å². The van der Waals surface area contributed by atoms with Crippen molar-refractivity contribution in [3.63, 3.8) is 0 Å². The summed E-state index contributed by atoms with van der Waals surface area (Å²) in [4.78, 5) is 19.5. The molecule has 2 aromatic rings. The number of aliphatic imine (C=N–C) groups is 1. The van der Waals surface area contributed by atoms with E-state index in [4.69, 9.17) is 21.3 Å². The number of carbonyl (C=O) groups excluding carboxylic acids is 1. The lowest BCUT2D eigenvalue weighted by atomic mass is 9.94. The quantitative estimate of drug-likeness (QED) is 0.606. The first-order valence-corrected chi connectivity index (χ1v) is 12.8. The third kappa shape index (κ3) is 4.53. The summed E-state index contributed by atoms with van der Waals surface area (Å²) in [6, 6.07) is 2.48. The number of carbonyl (C=O) groups is 1. The van der Waals surface area contributed by atoms with Gasteiger partial charge in [-0.3, -0.25) is 4.99 Å². The third-order valence-corrected chi connectivity index (χ3v) is 6.72. The van der Waals surface area contributed by atoms with Crippen molar-refractivity contribution in [2.45, 2.75) is 25.4 Å². The number of amidine groups is 1. The number of benzene rings is 1. The number of hydrogen-bond acceptors (Lipinski definition) is 9. The van der Waals surface area contributed by atoms with E-state index in [-0.39, 0.29) is 30.2 Å². The summed E-state index contributed by atoms with van der Waals surface area (Å²) in [5.41, 5.74) is 2.75. The first-order chi connectivity index (χ1) is 15.2. The Hall–Kier alpha value is -2.41. The van der Waals surface area contributed by atoms with Crippen molar-refractivity contribution in [1.29, 1.82) is 0 Å². The summed E-state index contributed by atoms with van der Waals surface area (Å²) in [6.07, 6.45) is 1.31. The maximum atomic E-state index is 13.7. The van der Waals surface area contributed by atoms with E-state index in [2.05, 4.69) is 14.9 Å². The molecule has 1 saturated heterocycles. The van der Waals surface area contributed by atoms with Crippen molar-refractivity contribution in [1.82, 2.24) is 19.8 Å². The normalized spacial score (nSPS) is 20.9. The molecule has 3 heterocycles. The number of hydrogen-bond donors (Lipinski definition) is 1. The monoisotopic (exact) mass is 499 g/mol. The van der Waals surface area contributed by atoms with E-state index < -0.39 is 33.9 Å². The largest absolute Gasteiger partial charge is 0.463 e. The summed E-state index contributed by atoms with van der Waals surface area (Å²) in [6.45, 7) is 2.06. The predicted molar refractivity (Wildman–Crippen MR) is 117 cm³/mol. The van der Waals surface area contributed by atoms with Crippen molar-refractivity contribution in [2.75, 3.05) is 19.4 Å². The molecule has 13 heteroatoms. The molecule has 9 nitrogen and oxygen atoms in total. The molecule has 2 atom stereocenters. The minimum atomic E-state index is -3.49. The molecular formula is C19H19ClFN5O4S2. The van der Waals surface area contributed by atoms with Crippen LogP contribution in [0.2, 0.25) is 5.02 Å². The van der Waals surface area contributed by atoms with Crippen LogP contribution in [0.15, 0.2) is 40.0 Å². The molecule has 0 unspecified atom stereocenters. The number of rotatable bonds is 6. The fraction of sp³-hybridized carbons (Fsp3) is 0.368. The highest BCUT2D eigenvalue weighted by Gasteiger charge is 2.43. The van der Waals surface area contributed by atoms with Crippen LogP contribution in [0.4, 0.5) is 4.39 Å². The number of fused-ring (bicyclic) bond motifs is 1. The van der Waals surface area contributed by atoms with E-state index in [9.17, 15) is 17.6 Å². The van der Waals surface area contributed by atoms with Gasteiger partial charge in [-0.15, -0.1) is 10.2 Å². The van der Waals surface area contributed by atoms with Crippen LogP contribution in [-0.4, -0.2) is 60.8 Å². The predicted octanol–water partition coefficient (Wildman–Crippen LogP) is 2.27. The minimum absolute atomic E-state index is 0.107. The molecule has 2 aliphatic rings. The smallest absolute Gasteiger partial charge is 0.338 e. The standard InChI is InChI=1S/C19H19ClFN5O4S2/c1-3-30-19(27)15-14-7-11(25-32(2,28)29)8-26(14)17(18-24-22-9-31-18)23-16(15)12-5-4-10(21)6-13(12)20/h4-6,9,11,16,25H,3,7-8H2,1-2H3/t11-,16-/m0/s1. The molecule has 1 N–H and O–H groups in total. The molecule has 170 valence electrons. The number of nitrogens with one attached hydrogen (secondary N) is 1. The highest BCUT2D eigenvalue weighted by molar-refractivity contribution is 7.88. The number of nitrogens with zero attached hydrogens (tertiary/aromatic N) is 4. The van der Waals surface area contributed by atoms with E-state index in [1.54, 1.807) is 17.3 Å². The second-order valence-corrected chi connectivity index (χ2v) is 10.3. The Labute approximate surface area is 193 Å². The molecule has 1 fully saturated rings. The molecule has 4 rings (SSSR count). The van der Waals surface area contributed by atoms with E-state index >= 15 is 0 Å². The van der Waals surface area contributed by atoms with Crippen molar-refractivity contribution >= 4 is 44.8 Å². The Morgan fingerprint density at radius 1 is 1.44 bits per heavy atom. The third-order valence-electron chi connectivity index (χ3n) is 4.94. The van der Waals surface area contributed by atoms with Gasteiger partial charge >= 0.3 is 5.97 Å². The van der Waals surface area contributed by atoms with Gasteiger partial charge in [0.15, 0.2) is 10.8 Å². The molecule has 0 aliphatic carbocycles. The van der Waals surface area contributed by atoms with Gasteiger partial charge in [-0.2, -0.15) is 0 Å². The van der Waals surface area contributed by atoms with Gasteiger partial charge in [-0.1, -0.05) is 29.0 Å². The van der Waals surface area contributed by atoms with Crippen LogP contribution in [-0.2, 0) is 19.6 Å². The van der Waals surface area contributed by atoms with Crippen LogP contribution in [0.1, 0.15) is 30.0 Å². The lowest BCUT2D eigenvalue weighted by Gasteiger charge is -2.31. The second-order valence-electron chi connectivity index (χ2n) is 7.25. The fourth-order valence-corrected chi connectivity index (χ4v) is 5.42. The Morgan fingerprint density at radius 3 is 2.84 bits per heavy atom. The lowest BCUT2D eigenvalue weighted by Crippen LogP contribution is -2.39. The van der Waals surface area contributed by atoms with Crippen LogP contribution in [0, 0.1) is 5.82 Å². The van der Waals surface area contributed by atoms with E-state index in [1.165, 1.54) is 23.5 Å². The molecule has 32 heavy (non-hydrogen) atoms. The SMILES string of the molecule is CCOC(=O)C1=C2C[C@H](NS(C)(=O)=O)CN2C(c2nncs2)=N[C@H]1c1ccc(F)cc1Cl. The average molecular weight is 500 g/mol. The summed E-state index contributed by atoms with van der Waals surface area (Å²) in [5.74, 6) is -0.690. The maximum absolute atomic E-state index is 13.7. The molecular weight excluding hydrogens is 481 g/mol. The Balaban J connectivity index is 1.89. The zero-order chi connectivity index (χ0) is 23.0.